The van der Waals surface area contributed by atoms with E-state index < -0.39 is 17.0 Å². The molecule has 1 aliphatic carbocycles. The van der Waals surface area contributed by atoms with Crippen molar-refractivity contribution in [1.29, 1.82) is 0 Å². The van der Waals surface area contributed by atoms with Crippen molar-refractivity contribution in [2.24, 2.45) is 11.3 Å². The lowest BCUT2D eigenvalue weighted by molar-refractivity contribution is -0.166. The molecule has 0 radical (unpaired) electrons. The average Bonchev–Trinajstić information content (AvgIpc) is 3.08. The zero-order valence-electron chi connectivity index (χ0n) is 19.2. The number of ketones is 1. The molecule has 1 saturated carbocycles. The Morgan fingerprint density at radius 3 is 2.30 bits per heavy atom. The SMILES string of the molecule is CCOC(=O)CC(=O)C1CCC(c2cnn(CC(C)(C)C(=O)OC(C)(C)C)c2)CC1. The van der Waals surface area contributed by atoms with Crippen LogP contribution in [0.1, 0.15) is 85.1 Å². The molecule has 0 bridgehead atoms. The number of esters is 2. The van der Waals surface area contributed by atoms with Crippen molar-refractivity contribution in [1.82, 2.24) is 9.78 Å². The largest absolute Gasteiger partial charge is 0.466 e. The monoisotopic (exact) mass is 420 g/mol. The van der Waals surface area contributed by atoms with Crippen LogP contribution in [0.15, 0.2) is 12.4 Å². The van der Waals surface area contributed by atoms with Gasteiger partial charge in [0.1, 0.15) is 17.8 Å². The average molecular weight is 421 g/mol. The van der Waals surface area contributed by atoms with Crippen molar-refractivity contribution in [2.45, 2.75) is 91.7 Å². The van der Waals surface area contributed by atoms with E-state index in [9.17, 15) is 14.4 Å². The Kier molecular flexibility index (Phi) is 7.83. The Balaban J connectivity index is 1.89. The molecule has 0 aliphatic heterocycles. The maximum Gasteiger partial charge on any atom is 0.313 e. The second kappa shape index (κ2) is 9.75. The second-order valence-electron chi connectivity index (χ2n) is 9.85. The second-order valence-corrected chi connectivity index (χ2v) is 9.85. The summed E-state index contributed by atoms with van der Waals surface area (Å²) in [6, 6.07) is 0. The number of rotatable bonds is 8. The van der Waals surface area contributed by atoms with Crippen molar-refractivity contribution in [3.8, 4) is 0 Å². The van der Waals surface area contributed by atoms with E-state index in [0.29, 0.717) is 19.1 Å². The molecule has 2 rings (SSSR count). The molecule has 7 heteroatoms. The summed E-state index contributed by atoms with van der Waals surface area (Å²) in [5.41, 5.74) is -0.0768. The van der Waals surface area contributed by atoms with Gasteiger partial charge >= 0.3 is 11.9 Å². The zero-order chi connectivity index (χ0) is 22.5. The summed E-state index contributed by atoms with van der Waals surface area (Å²) < 4.78 is 12.2. The molecule has 0 aromatic carbocycles. The number of hydrogen-bond acceptors (Lipinski definition) is 6. The predicted octanol–water partition coefficient (Wildman–Crippen LogP) is 4.05. The van der Waals surface area contributed by atoms with Gasteiger partial charge in [-0.1, -0.05) is 0 Å². The summed E-state index contributed by atoms with van der Waals surface area (Å²) in [6.45, 7) is 11.8. The molecule has 1 heterocycles. The van der Waals surface area contributed by atoms with Gasteiger partial charge in [0.05, 0.1) is 24.8 Å². The molecule has 1 fully saturated rings. The van der Waals surface area contributed by atoms with Crippen molar-refractivity contribution in [3.63, 3.8) is 0 Å². The molecule has 0 N–H and O–H groups in total. The minimum absolute atomic E-state index is 0.0123. The summed E-state index contributed by atoms with van der Waals surface area (Å²) >= 11 is 0. The molecule has 0 spiro atoms. The van der Waals surface area contributed by atoms with E-state index in [2.05, 4.69) is 5.10 Å². The summed E-state index contributed by atoms with van der Waals surface area (Å²) in [6.07, 6.45) is 7.06. The van der Waals surface area contributed by atoms with Gasteiger partial charge in [-0.25, -0.2) is 0 Å². The third-order valence-corrected chi connectivity index (χ3v) is 5.44. The Hall–Kier alpha value is -2.18. The van der Waals surface area contributed by atoms with Crippen LogP contribution in [-0.4, -0.2) is 39.7 Å². The number of aromatic nitrogens is 2. The van der Waals surface area contributed by atoms with Gasteiger partial charge in [0, 0.05) is 12.1 Å². The van der Waals surface area contributed by atoms with Crippen molar-refractivity contribution < 1.29 is 23.9 Å². The lowest BCUT2D eigenvalue weighted by atomic mass is 9.77. The predicted molar refractivity (Wildman–Crippen MR) is 113 cm³/mol. The Morgan fingerprint density at radius 1 is 1.10 bits per heavy atom. The summed E-state index contributed by atoms with van der Waals surface area (Å²) in [7, 11) is 0. The van der Waals surface area contributed by atoms with Crippen LogP contribution in [-0.2, 0) is 30.4 Å². The highest BCUT2D eigenvalue weighted by Gasteiger charge is 2.34. The number of ether oxygens (including phenoxy) is 2. The minimum Gasteiger partial charge on any atom is -0.466 e. The highest BCUT2D eigenvalue weighted by molar-refractivity contribution is 5.96. The molecular formula is C23H36N2O5. The van der Waals surface area contributed by atoms with E-state index in [1.54, 1.807) is 11.6 Å². The molecule has 0 unspecified atom stereocenters. The van der Waals surface area contributed by atoms with Gasteiger partial charge < -0.3 is 9.47 Å². The number of nitrogens with zero attached hydrogens (tertiary/aromatic N) is 2. The molecule has 1 aromatic rings. The fourth-order valence-electron chi connectivity index (χ4n) is 3.81. The van der Waals surface area contributed by atoms with Gasteiger partial charge in [0.25, 0.3) is 0 Å². The molecule has 0 atom stereocenters. The van der Waals surface area contributed by atoms with E-state index in [0.717, 1.165) is 31.2 Å². The highest BCUT2D eigenvalue weighted by Crippen LogP contribution is 2.36. The Labute approximate surface area is 179 Å². The lowest BCUT2D eigenvalue weighted by Crippen LogP contribution is -2.36. The third-order valence-electron chi connectivity index (χ3n) is 5.44. The molecule has 30 heavy (non-hydrogen) atoms. The van der Waals surface area contributed by atoms with E-state index in [-0.39, 0.29) is 24.1 Å². The van der Waals surface area contributed by atoms with Crippen LogP contribution in [0.5, 0.6) is 0 Å². The van der Waals surface area contributed by atoms with Crippen LogP contribution >= 0.6 is 0 Å². The Morgan fingerprint density at radius 2 is 1.73 bits per heavy atom. The number of Topliss-reactive ketones (excluding diaryl/α,β-unsaturated/α-hetero) is 1. The standard InChI is InChI=1S/C23H36N2O5/c1-7-29-20(27)12-19(26)17-10-8-16(9-11-17)18-13-24-25(14-18)15-23(5,6)21(28)30-22(2,3)4/h13-14,16-17H,7-12,15H2,1-6H3. The maximum atomic E-state index is 12.5. The van der Waals surface area contributed by atoms with Gasteiger partial charge in [-0.05, 0) is 78.7 Å². The molecule has 168 valence electrons. The van der Waals surface area contributed by atoms with Gasteiger partial charge in [0.15, 0.2) is 0 Å². The Bertz CT molecular complexity index is 752. The van der Waals surface area contributed by atoms with E-state index in [4.69, 9.17) is 9.47 Å². The maximum absolute atomic E-state index is 12.5. The normalized spacial score (nSPS) is 19.9. The summed E-state index contributed by atoms with van der Waals surface area (Å²) in [5, 5.41) is 4.45. The number of hydrogen-bond donors (Lipinski definition) is 0. The van der Waals surface area contributed by atoms with Crippen LogP contribution in [0.3, 0.4) is 0 Å². The molecule has 0 amide bonds. The van der Waals surface area contributed by atoms with Gasteiger partial charge in [-0.15, -0.1) is 0 Å². The molecule has 1 aromatic heterocycles. The highest BCUT2D eigenvalue weighted by atomic mass is 16.6. The topological polar surface area (TPSA) is 87.5 Å². The van der Waals surface area contributed by atoms with Gasteiger partial charge in [-0.3, -0.25) is 19.1 Å². The first-order valence-electron chi connectivity index (χ1n) is 10.9. The summed E-state index contributed by atoms with van der Waals surface area (Å²) in [5.74, 6) is -0.408. The van der Waals surface area contributed by atoms with Gasteiger partial charge in [-0.2, -0.15) is 5.10 Å². The molecule has 7 nitrogen and oxygen atoms in total. The first-order valence-corrected chi connectivity index (χ1v) is 10.9. The van der Waals surface area contributed by atoms with E-state index in [1.807, 2.05) is 47.0 Å². The van der Waals surface area contributed by atoms with Crippen LogP contribution < -0.4 is 0 Å². The quantitative estimate of drug-likeness (QED) is 0.466. The lowest BCUT2D eigenvalue weighted by Gasteiger charge is -2.28. The van der Waals surface area contributed by atoms with Crippen LogP contribution in [0.25, 0.3) is 0 Å². The van der Waals surface area contributed by atoms with Crippen molar-refractivity contribution >= 4 is 17.7 Å². The fraction of sp³-hybridized carbons (Fsp3) is 0.739. The number of carbonyl (C=O) groups is 3. The van der Waals surface area contributed by atoms with Crippen molar-refractivity contribution in [2.75, 3.05) is 6.61 Å². The van der Waals surface area contributed by atoms with E-state index in [1.165, 1.54) is 0 Å². The smallest absolute Gasteiger partial charge is 0.313 e. The van der Waals surface area contributed by atoms with Crippen LogP contribution in [0.2, 0.25) is 0 Å². The van der Waals surface area contributed by atoms with Crippen molar-refractivity contribution in [3.05, 3.63) is 18.0 Å². The van der Waals surface area contributed by atoms with Gasteiger partial charge in [0.2, 0.25) is 0 Å². The third kappa shape index (κ3) is 6.96. The zero-order valence-corrected chi connectivity index (χ0v) is 19.2. The fourth-order valence-corrected chi connectivity index (χ4v) is 3.81. The first kappa shape index (κ1) is 24.1. The van der Waals surface area contributed by atoms with E-state index >= 15 is 0 Å². The molecular weight excluding hydrogens is 384 g/mol. The first-order chi connectivity index (χ1) is 13.9. The van der Waals surface area contributed by atoms with Crippen LogP contribution in [0, 0.1) is 11.3 Å². The minimum atomic E-state index is -0.687. The van der Waals surface area contributed by atoms with Crippen LogP contribution in [0.4, 0.5) is 0 Å². The summed E-state index contributed by atoms with van der Waals surface area (Å²) in [4.78, 5) is 36.3. The number of carbonyl (C=O) groups excluding carboxylic acids is 3. The molecule has 1 aliphatic rings. The molecule has 0 saturated heterocycles.